The molecule has 3 heterocycles. The summed E-state index contributed by atoms with van der Waals surface area (Å²) in [5, 5.41) is 6.93. The first-order valence-electron chi connectivity index (χ1n) is 6.38. The molecule has 3 rings (SSSR count). The molecule has 0 aromatic carbocycles. The largest absolute Gasteiger partial charge is 0.379 e. The van der Waals surface area contributed by atoms with Crippen molar-refractivity contribution in [3.05, 3.63) is 24.5 Å². The maximum absolute atomic E-state index is 6.02. The van der Waals surface area contributed by atoms with Gasteiger partial charge in [-0.3, -0.25) is 4.98 Å². The minimum atomic E-state index is 0.0815. The zero-order valence-corrected chi connectivity index (χ0v) is 9.98. The highest BCUT2D eigenvalue weighted by atomic mass is 16.5. The third-order valence-corrected chi connectivity index (χ3v) is 3.67. The molecule has 2 saturated heterocycles. The molecule has 0 saturated carbocycles. The number of nitrogens with zero attached hydrogens (tertiary/aromatic N) is 1. The first kappa shape index (κ1) is 11.0. The van der Waals surface area contributed by atoms with Crippen molar-refractivity contribution in [2.24, 2.45) is 0 Å². The molecule has 1 aromatic rings. The molecule has 0 aliphatic carbocycles. The summed E-state index contributed by atoms with van der Waals surface area (Å²) in [5.74, 6) is 0. The van der Waals surface area contributed by atoms with Crippen LogP contribution in [0.2, 0.25) is 0 Å². The molecule has 0 bridgehead atoms. The Bertz CT molecular complexity index is 362. The van der Waals surface area contributed by atoms with E-state index in [4.69, 9.17) is 4.74 Å². The summed E-state index contributed by atoms with van der Waals surface area (Å²) in [4.78, 5) is 4.12. The van der Waals surface area contributed by atoms with Gasteiger partial charge in [-0.1, -0.05) is 0 Å². The molecule has 0 radical (unpaired) electrons. The van der Waals surface area contributed by atoms with Gasteiger partial charge in [-0.25, -0.2) is 0 Å². The second-order valence-electron chi connectivity index (χ2n) is 5.06. The number of anilines is 1. The van der Waals surface area contributed by atoms with E-state index in [-0.39, 0.29) is 5.60 Å². The van der Waals surface area contributed by atoms with E-state index in [9.17, 15) is 0 Å². The smallest absolute Gasteiger partial charge is 0.0828 e. The summed E-state index contributed by atoms with van der Waals surface area (Å²) < 4.78 is 6.02. The van der Waals surface area contributed by atoms with Crippen LogP contribution in [0.15, 0.2) is 24.5 Å². The third-order valence-electron chi connectivity index (χ3n) is 3.67. The third kappa shape index (κ3) is 2.42. The number of ether oxygens (including phenoxy) is 1. The summed E-state index contributed by atoms with van der Waals surface area (Å²) >= 11 is 0. The SMILES string of the molecule is c1cncc(N[C@@H]2CO[C@]3(CCCNC3)C2)c1. The standard InChI is InChI=1S/C13H19N3O/c1-3-11(8-14-5-1)16-12-7-13(17-9-12)4-2-6-15-10-13/h1,3,5,8,12,15-16H,2,4,6-7,9-10H2/t12-,13+/m0/s1. The summed E-state index contributed by atoms with van der Waals surface area (Å²) in [6.45, 7) is 2.93. The van der Waals surface area contributed by atoms with E-state index in [1.165, 1.54) is 12.8 Å². The van der Waals surface area contributed by atoms with E-state index in [1.807, 2.05) is 12.3 Å². The summed E-state index contributed by atoms with van der Waals surface area (Å²) in [7, 11) is 0. The van der Waals surface area contributed by atoms with Gasteiger partial charge in [0.05, 0.1) is 23.9 Å². The van der Waals surface area contributed by atoms with Gasteiger partial charge in [-0.15, -0.1) is 0 Å². The van der Waals surface area contributed by atoms with Gasteiger partial charge < -0.3 is 15.4 Å². The number of hydrogen-bond acceptors (Lipinski definition) is 4. The van der Waals surface area contributed by atoms with Crippen molar-refractivity contribution in [2.75, 3.05) is 25.0 Å². The molecule has 4 nitrogen and oxygen atoms in total. The molecule has 2 aliphatic heterocycles. The van der Waals surface area contributed by atoms with Crippen molar-refractivity contribution in [3.63, 3.8) is 0 Å². The van der Waals surface area contributed by atoms with Crippen molar-refractivity contribution < 1.29 is 4.74 Å². The van der Waals surface area contributed by atoms with Crippen LogP contribution in [0.5, 0.6) is 0 Å². The quantitative estimate of drug-likeness (QED) is 0.810. The van der Waals surface area contributed by atoms with Crippen molar-refractivity contribution in [1.29, 1.82) is 0 Å². The number of piperidine rings is 1. The van der Waals surface area contributed by atoms with E-state index in [0.29, 0.717) is 6.04 Å². The van der Waals surface area contributed by atoms with Crippen molar-refractivity contribution in [1.82, 2.24) is 10.3 Å². The Hall–Kier alpha value is -1.13. The van der Waals surface area contributed by atoms with Crippen LogP contribution in [0.25, 0.3) is 0 Å². The van der Waals surface area contributed by atoms with Gasteiger partial charge in [0.15, 0.2) is 0 Å². The van der Waals surface area contributed by atoms with E-state index >= 15 is 0 Å². The Kier molecular flexibility index (Phi) is 2.99. The van der Waals surface area contributed by atoms with Crippen molar-refractivity contribution in [3.8, 4) is 0 Å². The predicted molar refractivity (Wildman–Crippen MR) is 67.1 cm³/mol. The minimum Gasteiger partial charge on any atom is -0.379 e. The van der Waals surface area contributed by atoms with Crippen molar-refractivity contribution in [2.45, 2.75) is 30.9 Å². The van der Waals surface area contributed by atoms with Crippen LogP contribution in [0, 0.1) is 0 Å². The van der Waals surface area contributed by atoms with Gasteiger partial charge in [0, 0.05) is 18.9 Å². The van der Waals surface area contributed by atoms with Gasteiger partial charge in [-0.05, 0) is 37.9 Å². The number of aromatic nitrogens is 1. The lowest BCUT2D eigenvalue weighted by molar-refractivity contribution is -0.0138. The molecule has 1 aromatic heterocycles. The zero-order valence-electron chi connectivity index (χ0n) is 9.98. The van der Waals surface area contributed by atoms with Crippen LogP contribution in [-0.4, -0.2) is 36.3 Å². The monoisotopic (exact) mass is 233 g/mol. The fourth-order valence-corrected chi connectivity index (χ4v) is 2.86. The Morgan fingerprint density at radius 2 is 2.53 bits per heavy atom. The molecule has 2 fully saturated rings. The van der Waals surface area contributed by atoms with Crippen LogP contribution in [0.3, 0.4) is 0 Å². The highest BCUT2D eigenvalue weighted by molar-refractivity contribution is 5.41. The summed E-state index contributed by atoms with van der Waals surface area (Å²) in [6.07, 6.45) is 7.16. The number of pyridine rings is 1. The average molecular weight is 233 g/mol. The highest BCUT2D eigenvalue weighted by Crippen LogP contribution is 2.33. The summed E-state index contributed by atoms with van der Waals surface area (Å²) in [6, 6.07) is 4.42. The van der Waals surface area contributed by atoms with Gasteiger partial charge in [0.25, 0.3) is 0 Å². The first-order chi connectivity index (χ1) is 8.36. The number of hydrogen-bond donors (Lipinski definition) is 2. The average Bonchev–Trinajstić information content (AvgIpc) is 2.74. The maximum atomic E-state index is 6.02. The lowest BCUT2D eigenvalue weighted by atomic mass is 9.90. The number of nitrogens with one attached hydrogen (secondary N) is 2. The van der Waals surface area contributed by atoms with Gasteiger partial charge in [0.2, 0.25) is 0 Å². The fraction of sp³-hybridized carbons (Fsp3) is 0.615. The molecule has 1 spiro atoms. The molecular formula is C13H19N3O. The molecule has 2 aliphatic rings. The van der Waals surface area contributed by atoms with E-state index in [1.54, 1.807) is 6.20 Å². The minimum absolute atomic E-state index is 0.0815. The molecule has 2 atom stereocenters. The normalized spacial score (nSPS) is 32.8. The number of rotatable bonds is 2. The second kappa shape index (κ2) is 4.63. The lowest BCUT2D eigenvalue weighted by Crippen LogP contribution is -2.45. The van der Waals surface area contributed by atoms with E-state index in [0.717, 1.165) is 31.8 Å². The van der Waals surface area contributed by atoms with Gasteiger partial charge in [-0.2, -0.15) is 0 Å². The van der Waals surface area contributed by atoms with Crippen LogP contribution in [-0.2, 0) is 4.74 Å². The highest BCUT2D eigenvalue weighted by Gasteiger charge is 2.41. The molecule has 4 heteroatoms. The predicted octanol–water partition coefficient (Wildman–Crippen LogP) is 1.40. The zero-order chi connectivity index (χ0) is 11.6. The molecule has 0 amide bonds. The van der Waals surface area contributed by atoms with E-state index < -0.39 is 0 Å². The van der Waals surface area contributed by atoms with Crippen LogP contribution >= 0.6 is 0 Å². The van der Waals surface area contributed by atoms with E-state index in [2.05, 4.69) is 21.7 Å². The topological polar surface area (TPSA) is 46.2 Å². The Balaban J connectivity index is 1.60. The Morgan fingerprint density at radius 1 is 1.53 bits per heavy atom. The molecule has 92 valence electrons. The van der Waals surface area contributed by atoms with Crippen LogP contribution in [0.4, 0.5) is 5.69 Å². The Labute approximate surface area is 102 Å². The van der Waals surface area contributed by atoms with Crippen LogP contribution < -0.4 is 10.6 Å². The first-order valence-corrected chi connectivity index (χ1v) is 6.38. The molecule has 17 heavy (non-hydrogen) atoms. The maximum Gasteiger partial charge on any atom is 0.0828 e. The van der Waals surface area contributed by atoms with Gasteiger partial charge in [0.1, 0.15) is 0 Å². The fourth-order valence-electron chi connectivity index (χ4n) is 2.86. The Morgan fingerprint density at radius 3 is 3.29 bits per heavy atom. The van der Waals surface area contributed by atoms with Crippen molar-refractivity contribution >= 4 is 5.69 Å². The van der Waals surface area contributed by atoms with Crippen LogP contribution in [0.1, 0.15) is 19.3 Å². The lowest BCUT2D eigenvalue weighted by Gasteiger charge is -2.33. The second-order valence-corrected chi connectivity index (χ2v) is 5.06. The summed E-state index contributed by atoms with van der Waals surface area (Å²) in [5.41, 5.74) is 1.17. The van der Waals surface area contributed by atoms with Gasteiger partial charge >= 0.3 is 0 Å². The molecular weight excluding hydrogens is 214 g/mol. The molecule has 2 N–H and O–H groups in total. The molecule has 0 unspecified atom stereocenters.